The maximum absolute atomic E-state index is 14.2. The number of anilines is 1. The van der Waals surface area contributed by atoms with Crippen molar-refractivity contribution in [2.75, 3.05) is 5.32 Å². The average Bonchev–Trinajstić information content (AvgIpc) is 3.58. The molecule has 0 radical (unpaired) electrons. The number of carbonyl (C=O) groups excluding carboxylic acids is 1. The summed E-state index contributed by atoms with van der Waals surface area (Å²) >= 11 is 0. The Morgan fingerprint density at radius 3 is 2.63 bits per heavy atom. The predicted molar refractivity (Wildman–Crippen MR) is 110 cm³/mol. The zero-order valence-electron chi connectivity index (χ0n) is 16.6. The number of pyridine rings is 1. The molecule has 6 rings (SSSR count). The Morgan fingerprint density at radius 2 is 1.93 bits per heavy atom. The number of halogens is 1. The van der Waals surface area contributed by atoms with Gasteiger partial charge in [0.15, 0.2) is 10.8 Å². The molecule has 7 nitrogen and oxygen atoms in total. The Hall–Kier alpha value is -2.29. The molecule has 2 aromatic rings. The van der Waals surface area contributed by atoms with Gasteiger partial charge in [0.05, 0.1) is 28.5 Å². The number of nitrogens with one attached hydrogen (secondary N) is 1. The van der Waals surface area contributed by atoms with Gasteiger partial charge in [-0.1, -0.05) is 0 Å². The van der Waals surface area contributed by atoms with Crippen molar-refractivity contribution in [3.05, 3.63) is 34.5 Å². The third-order valence-electron chi connectivity index (χ3n) is 6.43. The maximum Gasteiger partial charge on any atom is 0.353 e. The molecule has 30 heavy (non-hydrogen) atoms. The van der Waals surface area contributed by atoms with E-state index in [0.29, 0.717) is 11.8 Å². The maximum atomic E-state index is 14.2. The fourth-order valence-corrected chi connectivity index (χ4v) is 5.22. The van der Waals surface area contributed by atoms with E-state index >= 15 is 0 Å². The summed E-state index contributed by atoms with van der Waals surface area (Å²) in [7, 11) is -2.59. The van der Waals surface area contributed by atoms with Crippen molar-refractivity contribution in [3.63, 3.8) is 0 Å². The molecule has 0 aliphatic heterocycles. The van der Waals surface area contributed by atoms with Gasteiger partial charge in [-0.2, -0.15) is 5.10 Å². The summed E-state index contributed by atoms with van der Waals surface area (Å²) in [6.07, 6.45) is 10.5. The number of hydrogen-bond donors (Lipinski definition) is 2. The van der Waals surface area contributed by atoms with Crippen molar-refractivity contribution in [2.24, 2.45) is 4.36 Å². The van der Waals surface area contributed by atoms with E-state index < -0.39 is 22.4 Å². The Labute approximate surface area is 175 Å². The van der Waals surface area contributed by atoms with Crippen LogP contribution in [0.2, 0.25) is 0 Å². The Morgan fingerprint density at radius 1 is 1.17 bits per heavy atom. The van der Waals surface area contributed by atoms with Gasteiger partial charge in [0.2, 0.25) is 0 Å². The number of fused-ring (bicyclic) bond motifs is 1. The first-order valence-electron chi connectivity index (χ1n) is 10.9. The molecule has 4 aliphatic carbocycles. The fourth-order valence-electron chi connectivity index (χ4n) is 4.49. The van der Waals surface area contributed by atoms with Gasteiger partial charge in [0.25, 0.3) is 0 Å². The van der Waals surface area contributed by atoms with Crippen LogP contribution < -0.4 is 5.32 Å². The third-order valence-corrected chi connectivity index (χ3v) is 7.45. The summed E-state index contributed by atoms with van der Waals surface area (Å²) in [5, 5.41) is 6.75. The van der Waals surface area contributed by atoms with Crippen molar-refractivity contribution in [2.45, 2.75) is 80.7 Å². The quantitative estimate of drug-likeness (QED) is 0.696. The molecule has 158 valence electrons. The second kappa shape index (κ2) is 6.87. The summed E-state index contributed by atoms with van der Waals surface area (Å²) < 4.78 is 32.0. The van der Waals surface area contributed by atoms with Gasteiger partial charge in [-0.3, -0.25) is 9.67 Å². The van der Waals surface area contributed by atoms with Gasteiger partial charge < -0.3 is 5.32 Å². The number of hydrogen-bond acceptors (Lipinski definition) is 4. The van der Waals surface area contributed by atoms with Crippen molar-refractivity contribution in [3.8, 4) is 0 Å². The summed E-state index contributed by atoms with van der Waals surface area (Å²) in [5.74, 6) is 0.269. The molecule has 4 aliphatic rings. The molecule has 2 amide bonds. The van der Waals surface area contributed by atoms with Gasteiger partial charge >= 0.3 is 6.03 Å². The second-order valence-electron chi connectivity index (χ2n) is 8.93. The zero-order valence-corrected chi connectivity index (χ0v) is 17.5. The Kier molecular flexibility index (Phi) is 4.23. The Bertz CT molecular complexity index is 1140. The van der Waals surface area contributed by atoms with Crippen molar-refractivity contribution >= 4 is 22.3 Å². The predicted octanol–water partition coefficient (Wildman–Crippen LogP) is 4.25. The number of rotatable bonds is 5. The monoisotopic (exact) mass is 429 g/mol. The number of thiol groups is 1. The van der Waals surface area contributed by atoms with Crippen LogP contribution in [0, 0.1) is 5.82 Å². The topological polar surface area (TPSA) is 89.2 Å². The number of aromatic nitrogens is 3. The van der Waals surface area contributed by atoms with Crippen LogP contribution in [-0.2, 0) is 23.4 Å². The molecule has 3 fully saturated rings. The van der Waals surface area contributed by atoms with E-state index in [4.69, 9.17) is 4.98 Å². The highest BCUT2D eigenvalue weighted by Gasteiger charge is 2.38. The molecule has 2 aromatic heterocycles. The lowest BCUT2D eigenvalue weighted by molar-refractivity contribution is 0.260. The molecule has 1 N–H and O–H groups in total. The van der Waals surface area contributed by atoms with Crippen LogP contribution in [0.3, 0.4) is 0 Å². The summed E-state index contributed by atoms with van der Waals surface area (Å²) in [5.41, 5.74) is 5.33. The van der Waals surface area contributed by atoms with E-state index in [0.717, 1.165) is 80.4 Å². The van der Waals surface area contributed by atoms with E-state index in [2.05, 4.69) is 14.8 Å². The first-order chi connectivity index (χ1) is 14.6. The van der Waals surface area contributed by atoms with E-state index in [1.54, 1.807) is 0 Å². The second-order valence-corrected chi connectivity index (χ2v) is 10.1. The highest BCUT2D eigenvalue weighted by Crippen LogP contribution is 2.52. The zero-order chi connectivity index (χ0) is 20.4. The third kappa shape index (κ3) is 3.33. The molecular weight excluding hydrogens is 405 g/mol. The SMILES string of the molecule is O=C(/N=[SH](=O)/c1nn(C2CC2)cc1F)Nc1c2c(nc(C3CC3)c1C1CC1)CCC2. The van der Waals surface area contributed by atoms with Gasteiger partial charge in [0, 0.05) is 22.9 Å². The van der Waals surface area contributed by atoms with Gasteiger partial charge in [0.1, 0.15) is 0 Å². The molecule has 3 saturated carbocycles. The van der Waals surface area contributed by atoms with E-state index in [1.165, 1.54) is 16.4 Å². The van der Waals surface area contributed by atoms with Gasteiger partial charge in [-0.25, -0.2) is 13.4 Å². The normalized spacial score (nSPS) is 21.6. The van der Waals surface area contributed by atoms with Crippen LogP contribution >= 0.6 is 0 Å². The minimum Gasteiger partial charge on any atom is -0.305 e. The molecule has 0 spiro atoms. The lowest BCUT2D eigenvalue weighted by atomic mass is 9.98. The first kappa shape index (κ1) is 18.5. The van der Waals surface area contributed by atoms with Crippen LogP contribution in [-0.4, -0.2) is 25.0 Å². The van der Waals surface area contributed by atoms with Crippen LogP contribution in [0.4, 0.5) is 14.9 Å². The summed E-state index contributed by atoms with van der Waals surface area (Å²) in [6.45, 7) is 0. The van der Waals surface area contributed by atoms with E-state index in [1.807, 2.05) is 0 Å². The largest absolute Gasteiger partial charge is 0.353 e. The Balaban J connectivity index is 1.33. The number of nitrogens with zero attached hydrogens (tertiary/aromatic N) is 4. The highest BCUT2D eigenvalue weighted by atomic mass is 32.2. The number of carbonyl (C=O) groups is 1. The summed E-state index contributed by atoms with van der Waals surface area (Å²) in [4.78, 5) is 17.7. The van der Waals surface area contributed by atoms with Crippen LogP contribution in [0.15, 0.2) is 15.6 Å². The first-order valence-corrected chi connectivity index (χ1v) is 12.1. The molecule has 2 heterocycles. The molecule has 0 saturated heterocycles. The minimum absolute atomic E-state index is 0.173. The lowest BCUT2D eigenvalue weighted by Crippen LogP contribution is -2.14. The molecule has 1 atom stereocenters. The number of amides is 2. The molecule has 0 aromatic carbocycles. The van der Waals surface area contributed by atoms with Crippen molar-refractivity contribution in [1.82, 2.24) is 14.8 Å². The number of urea groups is 1. The van der Waals surface area contributed by atoms with E-state index in [9.17, 15) is 13.4 Å². The smallest absolute Gasteiger partial charge is 0.305 e. The summed E-state index contributed by atoms with van der Waals surface area (Å²) in [6, 6.07) is -0.521. The molecule has 1 unspecified atom stereocenters. The van der Waals surface area contributed by atoms with Gasteiger partial charge in [-0.05, 0) is 69.3 Å². The van der Waals surface area contributed by atoms with Crippen molar-refractivity contribution in [1.29, 1.82) is 0 Å². The number of aryl methyl sites for hydroxylation is 1. The lowest BCUT2D eigenvalue weighted by Gasteiger charge is -2.18. The standard InChI is InChI=1S/C21H24FN5O2S/c22-15-10-27(13-8-9-13)25-20(15)30(29)26-21(28)24-19-14-2-1-3-16(14)23-18(12-6-7-12)17(19)11-4-5-11/h10-13,30H,1-9H2,(H,23,24,28). The molecule has 9 heteroatoms. The van der Waals surface area contributed by atoms with Gasteiger partial charge in [-0.15, -0.1) is 4.36 Å². The fraction of sp³-hybridized carbons (Fsp3) is 0.571. The average molecular weight is 430 g/mol. The molecular formula is C21H24FN5O2S. The van der Waals surface area contributed by atoms with Crippen LogP contribution in [0.1, 0.15) is 85.3 Å². The minimum atomic E-state index is -2.59. The molecule has 0 bridgehead atoms. The van der Waals surface area contributed by atoms with Crippen LogP contribution in [0.5, 0.6) is 0 Å². The van der Waals surface area contributed by atoms with Crippen molar-refractivity contribution < 1.29 is 13.4 Å². The van der Waals surface area contributed by atoms with E-state index in [-0.39, 0.29) is 11.1 Å². The van der Waals surface area contributed by atoms with Crippen LogP contribution in [0.25, 0.3) is 0 Å². The highest BCUT2D eigenvalue weighted by molar-refractivity contribution is 7.75.